The van der Waals surface area contributed by atoms with Crippen molar-refractivity contribution in [2.45, 2.75) is 26.9 Å². The van der Waals surface area contributed by atoms with E-state index in [0.717, 1.165) is 5.56 Å². The van der Waals surface area contributed by atoms with Crippen molar-refractivity contribution in [2.75, 3.05) is 18.5 Å². The molecule has 1 aromatic rings. The molecule has 0 fully saturated rings. The molecule has 0 saturated heterocycles. The van der Waals surface area contributed by atoms with Crippen LogP contribution in [0, 0.1) is 0 Å². The summed E-state index contributed by atoms with van der Waals surface area (Å²) in [5.41, 5.74) is 1.16. The van der Waals surface area contributed by atoms with Gasteiger partial charge in [0.25, 0.3) is 0 Å². The molecule has 86 valence electrons. The number of benzene rings is 1. The van der Waals surface area contributed by atoms with Crippen LogP contribution in [0.15, 0.2) is 30.3 Å². The second-order valence-electron chi connectivity index (χ2n) is 4.41. The van der Waals surface area contributed by atoms with E-state index >= 15 is 4.20 Å². The summed E-state index contributed by atoms with van der Waals surface area (Å²) in [4.78, 5) is 0. The zero-order chi connectivity index (χ0) is 11.4. The van der Waals surface area contributed by atoms with Crippen LogP contribution in [-0.2, 0) is 6.16 Å². The van der Waals surface area contributed by atoms with Crippen molar-refractivity contribution < 1.29 is 4.20 Å². The zero-order valence-corrected chi connectivity index (χ0v) is 10.9. The fraction of sp³-hybridized carbons (Fsp3) is 0.538. The third kappa shape index (κ3) is 2.78. The van der Waals surface area contributed by atoms with Gasteiger partial charge in [-0.05, 0) is 0 Å². The van der Waals surface area contributed by atoms with Crippen LogP contribution in [-0.4, -0.2) is 18.5 Å². The second-order valence-corrected chi connectivity index (χ2v) is 10.3. The number of rotatable bonds is 5. The van der Waals surface area contributed by atoms with Gasteiger partial charge in [0.05, 0.1) is 0 Å². The Labute approximate surface area is 92.9 Å². The molecule has 0 aliphatic carbocycles. The third-order valence-corrected chi connectivity index (χ3v) is 9.69. The summed E-state index contributed by atoms with van der Waals surface area (Å²) in [5.74, 6) is 0. The predicted molar refractivity (Wildman–Crippen MR) is 69.8 cm³/mol. The van der Waals surface area contributed by atoms with Crippen LogP contribution >= 0.6 is 6.91 Å². The zero-order valence-electron chi connectivity index (χ0n) is 10.0. The summed E-state index contributed by atoms with van der Waals surface area (Å²) in [6.07, 6.45) is 2.81. The van der Waals surface area contributed by atoms with Crippen molar-refractivity contribution in [2.24, 2.45) is 0 Å². The summed E-state index contributed by atoms with van der Waals surface area (Å²) < 4.78 is 15.2. The molecule has 0 bridgehead atoms. The summed E-state index contributed by atoms with van der Waals surface area (Å²) in [7, 11) is 0. The van der Waals surface area contributed by atoms with Crippen LogP contribution in [0.2, 0.25) is 0 Å². The van der Waals surface area contributed by atoms with Crippen molar-refractivity contribution in [3.8, 4) is 0 Å². The Bertz CT molecular complexity index is 293. The molecule has 0 radical (unpaired) electrons. The molecule has 0 aliphatic rings. The maximum atomic E-state index is 15.2. The molecule has 0 aliphatic heterocycles. The Morgan fingerprint density at radius 3 is 1.80 bits per heavy atom. The molecule has 0 unspecified atom stereocenters. The average Bonchev–Trinajstić information content (AvgIpc) is 2.31. The van der Waals surface area contributed by atoms with Gasteiger partial charge in [0.1, 0.15) is 0 Å². The fourth-order valence-electron chi connectivity index (χ4n) is 2.05. The van der Waals surface area contributed by atoms with Gasteiger partial charge in [0, 0.05) is 0 Å². The van der Waals surface area contributed by atoms with Crippen LogP contribution in [0.1, 0.15) is 26.3 Å². The van der Waals surface area contributed by atoms with Crippen molar-refractivity contribution in [3.05, 3.63) is 35.9 Å². The minimum atomic E-state index is -2.93. The van der Waals surface area contributed by atoms with E-state index in [-0.39, 0.29) is 0 Å². The molecule has 2 heteroatoms. The van der Waals surface area contributed by atoms with Gasteiger partial charge in [-0.2, -0.15) is 0 Å². The van der Waals surface area contributed by atoms with Gasteiger partial charge < -0.3 is 0 Å². The van der Waals surface area contributed by atoms with E-state index in [0.29, 0.717) is 24.6 Å². The van der Waals surface area contributed by atoms with Gasteiger partial charge in [-0.3, -0.25) is 0 Å². The first-order chi connectivity index (χ1) is 7.06. The summed E-state index contributed by atoms with van der Waals surface area (Å²) in [6, 6.07) is 10.1. The van der Waals surface area contributed by atoms with Crippen LogP contribution in [0.25, 0.3) is 0 Å². The second kappa shape index (κ2) is 4.61. The predicted octanol–water partition coefficient (Wildman–Crippen LogP) is 4.68. The molecule has 0 heterocycles. The molecule has 0 saturated carbocycles. The van der Waals surface area contributed by atoms with Gasteiger partial charge in [0.15, 0.2) is 0 Å². The van der Waals surface area contributed by atoms with Crippen LogP contribution in [0.5, 0.6) is 0 Å². The van der Waals surface area contributed by atoms with E-state index in [2.05, 4.69) is 0 Å². The Morgan fingerprint density at radius 2 is 1.40 bits per heavy atom. The molecule has 15 heavy (non-hydrogen) atoms. The van der Waals surface area contributed by atoms with Gasteiger partial charge >= 0.3 is 92.4 Å². The molecule has 1 aromatic carbocycles. The number of halogens is 1. The molecule has 1 rings (SSSR count). The minimum absolute atomic E-state index is 0.663. The van der Waals surface area contributed by atoms with Gasteiger partial charge in [-0.25, -0.2) is 0 Å². The number of hydrogen-bond donors (Lipinski definition) is 0. The number of hydrogen-bond acceptors (Lipinski definition) is 0. The van der Waals surface area contributed by atoms with Gasteiger partial charge in [-0.15, -0.1) is 0 Å². The van der Waals surface area contributed by atoms with E-state index in [1.54, 1.807) is 0 Å². The molecule has 0 nitrogen and oxygen atoms in total. The summed E-state index contributed by atoms with van der Waals surface area (Å²) in [6.45, 7) is 3.09. The molecule has 0 amide bonds. The van der Waals surface area contributed by atoms with E-state index in [4.69, 9.17) is 0 Å². The first kappa shape index (κ1) is 12.6. The monoisotopic (exact) mass is 228 g/mol. The standard InChI is InChI=1S/C13H22FP/c1-4-15(14,5-2,6-3)12-13-10-8-7-9-11-13/h7-11H,4-6,12H2,1-3H3. The van der Waals surface area contributed by atoms with Gasteiger partial charge in [0.2, 0.25) is 0 Å². The quantitative estimate of drug-likeness (QED) is 0.642. The van der Waals surface area contributed by atoms with E-state index in [1.807, 2.05) is 51.1 Å². The molecule has 0 N–H and O–H groups in total. The third-order valence-electron chi connectivity index (χ3n) is 3.79. The summed E-state index contributed by atoms with van der Waals surface area (Å²) >= 11 is 0. The van der Waals surface area contributed by atoms with Crippen LogP contribution in [0.3, 0.4) is 0 Å². The van der Waals surface area contributed by atoms with Crippen molar-refractivity contribution in [3.63, 3.8) is 0 Å². The Kier molecular flexibility index (Phi) is 3.89. The van der Waals surface area contributed by atoms with E-state index in [9.17, 15) is 0 Å². The van der Waals surface area contributed by atoms with Crippen LogP contribution < -0.4 is 0 Å². The average molecular weight is 228 g/mol. The van der Waals surface area contributed by atoms with Crippen LogP contribution in [0.4, 0.5) is 4.20 Å². The van der Waals surface area contributed by atoms with Crippen molar-refractivity contribution in [1.82, 2.24) is 0 Å². The van der Waals surface area contributed by atoms with E-state index < -0.39 is 6.91 Å². The topological polar surface area (TPSA) is 0 Å². The molecule has 0 spiro atoms. The molecule has 0 atom stereocenters. The van der Waals surface area contributed by atoms with Crippen molar-refractivity contribution >= 4 is 6.91 Å². The molecule has 0 aromatic heterocycles. The fourth-order valence-corrected chi connectivity index (χ4v) is 5.18. The Balaban J connectivity index is 2.95. The SMILES string of the molecule is CCP(F)(CC)(CC)Cc1ccccc1. The Morgan fingerprint density at radius 1 is 0.933 bits per heavy atom. The molecular weight excluding hydrogens is 206 g/mol. The van der Waals surface area contributed by atoms with Crippen molar-refractivity contribution in [1.29, 1.82) is 0 Å². The Hall–Kier alpha value is -0.420. The first-order valence-corrected chi connectivity index (χ1v) is 8.69. The normalized spacial score (nSPS) is 14.5. The van der Waals surface area contributed by atoms with Gasteiger partial charge in [-0.1, -0.05) is 0 Å². The molecular formula is C13H22FP. The first-order valence-electron chi connectivity index (χ1n) is 5.82. The van der Waals surface area contributed by atoms with E-state index in [1.165, 1.54) is 0 Å². The maximum absolute atomic E-state index is 15.2. The summed E-state index contributed by atoms with van der Waals surface area (Å²) in [5, 5.41) is 0.